The van der Waals surface area contributed by atoms with Crippen molar-refractivity contribution in [3.8, 4) is 0 Å². The molecule has 2 aromatic rings. The van der Waals surface area contributed by atoms with Gasteiger partial charge in [0.1, 0.15) is 0 Å². The first-order valence-corrected chi connectivity index (χ1v) is 8.65. The van der Waals surface area contributed by atoms with Crippen LogP contribution in [0.1, 0.15) is 5.56 Å². The predicted molar refractivity (Wildman–Crippen MR) is 79.3 cm³/mol. The summed E-state index contributed by atoms with van der Waals surface area (Å²) in [5.74, 6) is 0. The highest BCUT2D eigenvalue weighted by molar-refractivity contribution is 9.11. The third-order valence-electron chi connectivity index (χ3n) is 2.80. The lowest BCUT2D eigenvalue weighted by Gasteiger charge is -2.07. The van der Waals surface area contributed by atoms with Gasteiger partial charge in [-0.05, 0) is 46.1 Å². The van der Waals surface area contributed by atoms with Gasteiger partial charge in [-0.15, -0.1) is 0 Å². The monoisotopic (exact) mass is 359 g/mol. The second kappa shape index (κ2) is 4.77. The fourth-order valence-electron chi connectivity index (χ4n) is 1.92. The summed E-state index contributed by atoms with van der Waals surface area (Å²) in [4.78, 5) is 4.23. The summed E-state index contributed by atoms with van der Waals surface area (Å²) in [6.07, 6.45) is 2.41. The normalized spacial score (nSPS) is 13.9. The molecule has 1 aliphatic heterocycles. The first-order chi connectivity index (χ1) is 9.04. The summed E-state index contributed by atoms with van der Waals surface area (Å²) in [6.45, 7) is 0.853. The van der Waals surface area contributed by atoms with Crippen molar-refractivity contribution in [2.45, 2.75) is 11.3 Å². The van der Waals surface area contributed by atoms with Crippen LogP contribution in [0.4, 0.5) is 10.8 Å². The molecule has 0 amide bonds. The van der Waals surface area contributed by atoms with E-state index in [1.165, 1.54) is 11.3 Å². The molecule has 100 valence electrons. The number of halogens is 1. The zero-order valence-electron chi connectivity index (χ0n) is 9.68. The maximum absolute atomic E-state index is 12.2. The van der Waals surface area contributed by atoms with E-state index in [9.17, 15) is 8.42 Å². The first kappa shape index (κ1) is 12.9. The number of benzene rings is 1. The third kappa shape index (κ3) is 2.60. The van der Waals surface area contributed by atoms with E-state index in [0.717, 1.165) is 28.0 Å². The van der Waals surface area contributed by atoms with E-state index in [-0.39, 0.29) is 4.90 Å². The lowest BCUT2D eigenvalue weighted by Crippen LogP contribution is -2.12. The quantitative estimate of drug-likeness (QED) is 0.883. The summed E-state index contributed by atoms with van der Waals surface area (Å²) >= 11 is 4.49. The van der Waals surface area contributed by atoms with Gasteiger partial charge in [-0.2, -0.15) is 0 Å². The number of aromatic nitrogens is 1. The number of rotatable bonds is 3. The van der Waals surface area contributed by atoms with E-state index >= 15 is 0 Å². The fourth-order valence-corrected chi connectivity index (χ4v) is 4.32. The van der Waals surface area contributed by atoms with Crippen molar-refractivity contribution in [3.63, 3.8) is 0 Å². The molecular formula is C11H10BrN3O2S2. The molecular weight excluding hydrogens is 350 g/mol. The van der Waals surface area contributed by atoms with Crippen LogP contribution in [-0.4, -0.2) is 19.9 Å². The van der Waals surface area contributed by atoms with Crippen LogP contribution in [0.25, 0.3) is 0 Å². The average Bonchev–Trinajstić information content (AvgIpc) is 2.96. The van der Waals surface area contributed by atoms with Crippen LogP contribution in [0, 0.1) is 0 Å². The SMILES string of the molecule is O=S(=O)(Nc1ncc(Br)s1)c1ccc2c(c1)CCN2. The van der Waals surface area contributed by atoms with Crippen LogP contribution in [0.5, 0.6) is 0 Å². The summed E-state index contributed by atoms with van der Waals surface area (Å²) in [7, 11) is -3.57. The van der Waals surface area contributed by atoms with E-state index in [4.69, 9.17) is 0 Å². The molecule has 0 bridgehead atoms. The Bertz CT molecular complexity index is 727. The molecule has 2 N–H and O–H groups in total. The first-order valence-electron chi connectivity index (χ1n) is 5.55. The maximum atomic E-state index is 12.2. The smallest absolute Gasteiger partial charge is 0.263 e. The molecule has 1 aromatic heterocycles. The molecule has 2 heterocycles. The van der Waals surface area contributed by atoms with Crippen LogP contribution in [0.2, 0.25) is 0 Å². The summed E-state index contributed by atoms with van der Waals surface area (Å²) < 4.78 is 27.7. The Hall–Kier alpha value is -1.12. The zero-order valence-corrected chi connectivity index (χ0v) is 12.9. The van der Waals surface area contributed by atoms with Gasteiger partial charge in [-0.3, -0.25) is 4.72 Å². The van der Waals surface area contributed by atoms with Crippen molar-refractivity contribution in [3.05, 3.63) is 33.7 Å². The predicted octanol–water partition coefficient (Wildman–Crippen LogP) is 2.67. The molecule has 19 heavy (non-hydrogen) atoms. The van der Waals surface area contributed by atoms with Crippen molar-refractivity contribution in [2.75, 3.05) is 16.6 Å². The Balaban J connectivity index is 1.92. The third-order valence-corrected chi connectivity index (χ3v) is 5.65. The van der Waals surface area contributed by atoms with Gasteiger partial charge in [0.25, 0.3) is 10.0 Å². The topological polar surface area (TPSA) is 71.1 Å². The number of anilines is 2. The second-order valence-corrected chi connectivity index (χ2v) is 8.16. The minimum absolute atomic E-state index is 0.265. The van der Waals surface area contributed by atoms with Crippen molar-refractivity contribution in [1.29, 1.82) is 0 Å². The van der Waals surface area contributed by atoms with Gasteiger partial charge < -0.3 is 5.32 Å². The van der Waals surface area contributed by atoms with Crippen molar-refractivity contribution < 1.29 is 8.42 Å². The average molecular weight is 360 g/mol. The molecule has 0 atom stereocenters. The minimum atomic E-state index is -3.57. The highest BCUT2D eigenvalue weighted by atomic mass is 79.9. The molecule has 3 rings (SSSR count). The largest absolute Gasteiger partial charge is 0.384 e. The van der Waals surface area contributed by atoms with Gasteiger partial charge in [-0.1, -0.05) is 11.3 Å². The standard InChI is InChI=1S/C11H10BrN3O2S2/c12-10-6-14-11(18-10)15-19(16,17)8-1-2-9-7(5-8)3-4-13-9/h1-2,5-6,13H,3-4H2,(H,14,15). The highest BCUT2D eigenvalue weighted by Crippen LogP contribution is 2.28. The zero-order chi connectivity index (χ0) is 13.5. The molecule has 0 saturated carbocycles. The lowest BCUT2D eigenvalue weighted by atomic mass is 10.2. The van der Waals surface area contributed by atoms with Gasteiger partial charge in [0, 0.05) is 12.2 Å². The number of nitrogens with zero attached hydrogens (tertiary/aromatic N) is 1. The van der Waals surface area contributed by atoms with Gasteiger partial charge >= 0.3 is 0 Å². The lowest BCUT2D eigenvalue weighted by molar-refractivity contribution is 0.601. The Morgan fingerprint density at radius 3 is 3.00 bits per heavy atom. The van der Waals surface area contributed by atoms with Crippen LogP contribution >= 0.6 is 27.3 Å². The number of sulfonamides is 1. The number of thiazole rings is 1. The molecule has 0 radical (unpaired) electrons. The second-order valence-electron chi connectivity index (χ2n) is 4.07. The number of nitrogens with one attached hydrogen (secondary N) is 2. The molecule has 8 heteroatoms. The Morgan fingerprint density at radius 1 is 1.42 bits per heavy atom. The summed E-state index contributed by atoms with van der Waals surface area (Å²) in [5, 5.41) is 3.55. The Morgan fingerprint density at radius 2 is 2.26 bits per heavy atom. The number of hydrogen-bond acceptors (Lipinski definition) is 5. The fraction of sp³-hybridized carbons (Fsp3) is 0.182. The van der Waals surface area contributed by atoms with Crippen molar-refractivity contribution in [1.82, 2.24) is 4.98 Å². The molecule has 0 spiro atoms. The number of hydrogen-bond donors (Lipinski definition) is 2. The van der Waals surface area contributed by atoms with Crippen LogP contribution in [0.3, 0.4) is 0 Å². The summed E-state index contributed by atoms with van der Waals surface area (Å²) in [5.41, 5.74) is 2.04. The number of fused-ring (bicyclic) bond motifs is 1. The van der Waals surface area contributed by atoms with E-state index in [0.29, 0.717) is 5.13 Å². The van der Waals surface area contributed by atoms with Gasteiger partial charge in [-0.25, -0.2) is 13.4 Å². The van der Waals surface area contributed by atoms with Gasteiger partial charge in [0.2, 0.25) is 0 Å². The minimum Gasteiger partial charge on any atom is -0.384 e. The van der Waals surface area contributed by atoms with Crippen molar-refractivity contribution >= 4 is 48.1 Å². The Kier molecular flexibility index (Phi) is 3.23. The molecule has 0 aliphatic carbocycles. The highest BCUT2D eigenvalue weighted by Gasteiger charge is 2.19. The molecule has 1 aromatic carbocycles. The van der Waals surface area contributed by atoms with E-state index in [2.05, 4.69) is 31.0 Å². The van der Waals surface area contributed by atoms with Gasteiger partial charge in [0.15, 0.2) is 5.13 Å². The van der Waals surface area contributed by atoms with Crippen LogP contribution in [0.15, 0.2) is 33.1 Å². The molecule has 0 unspecified atom stereocenters. The summed E-state index contributed by atoms with van der Waals surface area (Å²) in [6, 6.07) is 5.11. The van der Waals surface area contributed by atoms with E-state index in [1.807, 2.05) is 0 Å². The van der Waals surface area contributed by atoms with Crippen LogP contribution in [-0.2, 0) is 16.4 Å². The molecule has 0 saturated heterocycles. The Labute approximate surface area is 123 Å². The molecule has 5 nitrogen and oxygen atoms in total. The maximum Gasteiger partial charge on any atom is 0.263 e. The van der Waals surface area contributed by atoms with Gasteiger partial charge in [0.05, 0.1) is 14.9 Å². The van der Waals surface area contributed by atoms with Crippen LogP contribution < -0.4 is 10.0 Å². The van der Waals surface area contributed by atoms with E-state index < -0.39 is 10.0 Å². The van der Waals surface area contributed by atoms with E-state index in [1.54, 1.807) is 24.4 Å². The van der Waals surface area contributed by atoms with Crippen molar-refractivity contribution in [2.24, 2.45) is 0 Å². The molecule has 1 aliphatic rings. The molecule has 0 fully saturated rings.